The van der Waals surface area contributed by atoms with Crippen molar-refractivity contribution in [3.63, 3.8) is 0 Å². The number of hydrogen-bond donors (Lipinski definition) is 1. The van der Waals surface area contributed by atoms with Gasteiger partial charge in [0.05, 0.1) is 0 Å². The normalized spacial score (nSPS) is 17.9. The van der Waals surface area contributed by atoms with Crippen LogP contribution in [0.4, 0.5) is 22.0 Å². The molecule has 0 spiro atoms. The lowest BCUT2D eigenvalue weighted by atomic mass is 9.75. The molecule has 2 aromatic carbocycles. The number of carboxylic acid groups (broad SMARTS) is 1. The summed E-state index contributed by atoms with van der Waals surface area (Å²) in [5.41, 5.74) is -1.74. The van der Waals surface area contributed by atoms with Gasteiger partial charge in [-0.25, -0.2) is 26.7 Å². The molecule has 0 saturated heterocycles. The Balaban J connectivity index is 1.72. The Hall–Kier alpha value is -2.44. The molecule has 1 saturated carbocycles. The largest absolute Gasteiger partial charge is 0.477 e. The molecule has 1 fully saturated rings. The summed E-state index contributed by atoms with van der Waals surface area (Å²) in [6.07, 6.45) is 14.1. The van der Waals surface area contributed by atoms with Gasteiger partial charge in [-0.15, -0.1) is 0 Å². The van der Waals surface area contributed by atoms with E-state index in [9.17, 15) is 27.5 Å². The zero-order valence-corrected chi connectivity index (χ0v) is 20.8. The molecule has 0 aromatic heterocycles. The Labute approximate surface area is 209 Å². The molecule has 0 atom stereocenters. The number of carbonyl (C=O) groups is 1. The summed E-state index contributed by atoms with van der Waals surface area (Å²) in [5.74, 6) is -8.99. The second-order valence-electron chi connectivity index (χ2n) is 10.1. The van der Waals surface area contributed by atoms with E-state index in [1.807, 2.05) is 0 Å². The minimum atomic E-state index is -1.82. The summed E-state index contributed by atoms with van der Waals surface area (Å²) in [6.45, 7) is 2.20. The van der Waals surface area contributed by atoms with E-state index >= 15 is 4.39 Å². The van der Waals surface area contributed by atoms with Crippen LogP contribution in [0, 0.1) is 35.0 Å². The van der Waals surface area contributed by atoms with E-state index in [-0.39, 0.29) is 22.6 Å². The van der Waals surface area contributed by atoms with Gasteiger partial charge >= 0.3 is 5.97 Å². The molecule has 36 heavy (non-hydrogen) atoms. The monoisotopic (exact) mass is 510 g/mol. The number of halogens is 5. The Kier molecular flexibility index (Phi) is 10.3. The van der Waals surface area contributed by atoms with Gasteiger partial charge in [0.15, 0.2) is 17.5 Å². The molecule has 0 bridgehead atoms. The quantitative estimate of drug-likeness (QED) is 0.175. The average molecular weight is 511 g/mol. The van der Waals surface area contributed by atoms with E-state index < -0.39 is 40.6 Å². The number of benzene rings is 2. The Morgan fingerprint density at radius 1 is 0.778 bits per heavy atom. The first-order chi connectivity index (χ1) is 17.2. The zero-order chi connectivity index (χ0) is 26.2. The van der Waals surface area contributed by atoms with Gasteiger partial charge in [-0.2, -0.15) is 0 Å². The first kappa shape index (κ1) is 28.1. The predicted molar refractivity (Wildman–Crippen MR) is 131 cm³/mol. The van der Waals surface area contributed by atoms with Crippen LogP contribution in [-0.2, 0) is 0 Å². The standard InChI is InChI=1S/C29H35F5O2/c1-2-3-4-5-6-7-8-9-10-18-11-13-19(14-12-18)21-17-22(30)26(29(35)36)28(34)25(21)20-15-23(31)27(33)24(32)16-20/h15-19H,2-14H2,1H3,(H,35,36)/t18-,19-. The first-order valence-electron chi connectivity index (χ1n) is 13.1. The van der Waals surface area contributed by atoms with Crippen LogP contribution in [0.3, 0.4) is 0 Å². The lowest BCUT2D eigenvalue weighted by Crippen LogP contribution is -2.16. The average Bonchev–Trinajstić information content (AvgIpc) is 2.83. The summed E-state index contributed by atoms with van der Waals surface area (Å²) in [7, 11) is 0. The molecule has 1 N–H and O–H groups in total. The number of hydrogen-bond acceptors (Lipinski definition) is 1. The summed E-state index contributed by atoms with van der Waals surface area (Å²) in [6, 6.07) is 2.21. The van der Waals surface area contributed by atoms with Crippen LogP contribution in [0.25, 0.3) is 11.1 Å². The third-order valence-corrected chi connectivity index (χ3v) is 7.49. The number of unbranched alkanes of at least 4 members (excludes halogenated alkanes) is 7. The van der Waals surface area contributed by atoms with Gasteiger partial charge in [-0.3, -0.25) is 0 Å². The van der Waals surface area contributed by atoms with Gasteiger partial charge < -0.3 is 5.11 Å². The summed E-state index contributed by atoms with van der Waals surface area (Å²) in [5, 5.41) is 9.29. The minimum absolute atomic E-state index is 0.172. The van der Waals surface area contributed by atoms with E-state index in [4.69, 9.17) is 0 Å². The smallest absolute Gasteiger partial charge is 0.341 e. The molecule has 0 unspecified atom stereocenters. The van der Waals surface area contributed by atoms with E-state index in [1.54, 1.807) is 0 Å². The second-order valence-corrected chi connectivity index (χ2v) is 10.1. The maximum Gasteiger partial charge on any atom is 0.341 e. The topological polar surface area (TPSA) is 37.3 Å². The van der Waals surface area contributed by atoms with Crippen molar-refractivity contribution in [2.75, 3.05) is 0 Å². The molecule has 1 aliphatic carbocycles. The molecule has 3 rings (SSSR count). The second kappa shape index (κ2) is 13.2. The molecule has 1 aliphatic rings. The minimum Gasteiger partial charge on any atom is -0.477 e. The maximum atomic E-state index is 15.3. The molecule has 2 nitrogen and oxygen atoms in total. The van der Waals surface area contributed by atoms with Gasteiger partial charge in [0.2, 0.25) is 0 Å². The van der Waals surface area contributed by atoms with Crippen molar-refractivity contribution in [2.24, 2.45) is 5.92 Å². The summed E-state index contributed by atoms with van der Waals surface area (Å²) >= 11 is 0. The maximum absolute atomic E-state index is 15.3. The van der Waals surface area contributed by atoms with Crippen molar-refractivity contribution in [1.29, 1.82) is 0 Å². The Bertz CT molecular complexity index is 1020. The molecular weight excluding hydrogens is 475 g/mol. The van der Waals surface area contributed by atoms with E-state index in [0.29, 0.717) is 30.9 Å². The fourth-order valence-electron chi connectivity index (χ4n) is 5.48. The number of rotatable bonds is 12. The molecule has 0 amide bonds. The molecule has 0 aliphatic heterocycles. The van der Waals surface area contributed by atoms with Crippen LogP contribution >= 0.6 is 0 Å². The highest BCUT2D eigenvalue weighted by molar-refractivity contribution is 5.91. The molecule has 0 heterocycles. The summed E-state index contributed by atoms with van der Waals surface area (Å²) < 4.78 is 71.3. The van der Waals surface area contributed by atoms with Crippen molar-refractivity contribution < 1.29 is 31.9 Å². The highest BCUT2D eigenvalue weighted by Gasteiger charge is 2.31. The van der Waals surface area contributed by atoms with Crippen molar-refractivity contribution in [3.8, 4) is 11.1 Å². The predicted octanol–water partition coefficient (Wildman–Crippen LogP) is 9.55. The molecule has 2 aromatic rings. The third kappa shape index (κ3) is 6.86. The van der Waals surface area contributed by atoms with Crippen molar-refractivity contribution in [3.05, 3.63) is 58.4 Å². The zero-order valence-electron chi connectivity index (χ0n) is 20.8. The fourth-order valence-corrected chi connectivity index (χ4v) is 5.48. The van der Waals surface area contributed by atoms with Crippen LogP contribution in [0.15, 0.2) is 18.2 Å². The van der Waals surface area contributed by atoms with Crippen molar-refractivity contribution >= 4 is 5.97 Å². The van der Waals surface area contributed by atoms with Crippen LogP contribution in [-0.4, -0.2) is 11.1 Å². The SMILES string of the molecule is CCCCCCCCCC[C@H]1CC[C@H](c2cc(F)c(C(=O)O)c(F)c2-c2cc(F)c(F)c(F)c2)CC1. The third-order valence-electron chi connectivity index (χ3n) is 7.49. The molecule has 7 heteroatoms. The van der Waals surface area contributed by atoms with Gasteiger partial charge in [0.25, 0.3) is 0 Å². The first-order valence-corrected chi connectivity index (χ1v) is 13.1. The lowest BCUT2D eigenvalue weighted by Gasteiger charge is -2.30. The van der Waals surface area contributed by atoms with Crippen LogP contribution in [0.2, 0.25) is 0 Å². The van der Waals surface area contributed by atoms with Gasteiger partial charge in [-0.05, 0) is 66.8 Å². The highest BCUT2D eigenvalue weighted by atomic mass is 19.2. The Morgan fingerprint density at radius 2 is 1.33 bits per heavy atom. The van der Waals surface area contributed by atoms with Gasteiger partial charge in [0, 0.05) is 5.56 Å². The van der Waals surface area contributed by atoms with E-state index in [0.717, 1.165) is 31.7 Å². The van der Waals surface area contributed by atoms with E-state index in [1.165, 1.54) is 44.9 Å². The fraction of sp³-hybridized carbons (Fsp3) is 0.552. The van der Waals surface area contributed by atoms with Gasteiger partial charge in [-0.1, -0.05) is 64.7 Å². The number of aromatic carboxylic acids is 1. The van der Waals surface area contributed by atoms with E-state index in [2.05, 4.69) is 6.92 Å². The Morgan fingerprint density at radius 3 is 1.89 bits per heavy atom. The van der Waals surface area contributed by atoms with Crippen molar-refractivity contribution in [1.82, 2.24) is 0 Å². The lowest BCUT2D eigenvalue weighted by molar-refractivity contribution is 0.0686. The summed E-state index contributed by atoms with van der Waals surface area (Å²) in [4.78, 5) is 11.5. The van der Waals surface area contributed by atoms with Crippen LogP contribution in [0.1, 0.15) is 112 Å². The van der Waals surface area contributed by atoms with Crippen LogP contribution in [0.5, 0.6) is 0 Å². The van der Waals surface area contributed by atoms with Gasteiger partial charge in [0.1, 0.15) is 17.2 Å². The number of carboxylic acids is 1. The highest BCUT2D eigenvalue weighted by Crippen LogP contribution is 2.43. The van der Waals surface area contributed by atoms with Crippen LogP contribution < -0.4 is 0 Å². The molecule has 198 valence electrons. The van der Waals surface area contributed by atoms with Crippen molar-refractivity contribution in [2.45, 2.75) is 96.3 Å². The molecular formula is C29H35F5O2. The molecule has 0 radical (unpaired) electrons.